The fourth-order valence-electron chi connectivity index (χ4n) is 1.77. The third kappa shape index (κ3) is 4.37. The number of rotatable bonds is 6. The van der Waals surface area contributed by atoms with E-state index in [4.69, 9.17) is 0 Å². The molecule has 2 N–H and O–H groups in total. The lowest BCUT2D eigenvalue weighted by molar-refractivity contribution is -0.122. The van der Waals surface area contributed by atoms with Crippen LogP contribution in [0, 0.1) is 0 Å². The Bertz CT molecular complexity index is 391. The van der Waals surface area contributed by atoms with Crippen LogP contribution in [0.1, 0.15) is 31.4 Å². The third-order valence-corrected chi connectivity index (χ3v) is 2.84. The molecule has 0 unspecified atom stereocenters. The monoisotopic (exact) mass is 250 g/mol. The van der Waals surface area contributed by atoms with Crippen molar-refractivity contribution in [3.63, 3.8) is 0 Å². The highest BCUT2D eigenvalue weighted by Crippen LogP contribution is 2.25. The van der Waals surface area contributed by atoms with Gasteiger partial charge in [0.05, 0.1) is 6.04 Å². The summed E-state index contributed by atoms with van der Waals surface area (Å²) in [7, 11) is 3.88. The number of hydrogen-bond acceptors (Lipinski definition) is 3. The zero-order valence-corrected chi connectivity index (χ0v) is 11.3. The number of para-hydroxylation sites is 1. The van der Waals surface area contributed by atoms with E-state index in [9.17, 15) is 9.90 Å². The number of phenolic OH excluding ortho intramolecular Hbond substituents is 1. The Balaban J connectivity index is 2.62. The van der Waals surface area contributed by atoms with Gasteiger partial charge in [-0.1, -0.05) is 25.1 Å². The quantitative estimate of drug-likeness (QED) is 0.811. The molecule has 1 amide bonds. The van der Waals surface area contributed by atoms with Gasteiger partial charge < -0.3 is 15.3 Å². The minimum atomic E-state index is -0.124. The highest BCUT2D eigenvalue weighted by Gasteiger charge is 2.15. The van der Waals surface area contributed by atoms with Crippen LogP contribution in [0.2, 0.25) is 0 Å². The maximum atomic E-state index is 11.8. The molecule has 0 fully saturated rings. The van der Waals surface area contributed by atoms with Crippen molar-refractivity contribution in [3.8, 4) is 5.75 Å². The van der Waals surface area contributed by atoms with Crippen LogP contribution in [0.3, 0.4) is 0 Å². The Morgan fingerprint density at radius 1 is 1.39 bits per heavy atom. The summed E-state index contributed by atoms with van der Waals surface area (Å²) in [6.45, 7) is 2.71. The normalized spacial score (nSPS) is 12.4. The summed E-state index contributed by atoms with van der Waals surface area (Å²) < 4.78 is 0. The molecule has 0 heterocycles. The molecular formula is C14H22N2O2. The number of amides is 1. The van der Waals surface area contributed by atoms with Gasteiger partial charge in [0.2, 0.25) is 5.91 Å². The summed E-state index contributed by atoms with van der Waals surface area (Å²) in [5, 5.41) is 12.7. The van der Waals surface area contributed by atoms with E-state index in [2.05, 4.69) is 5.32 Å². The molecule has 4 nitrogen and oxygen atoms in total. The minimum Gasteiger partial charge on any atom is -0.508 e. The second-order valence-electron chi connectivity index (χ2n) is 4.64. The van der Waals surface area contributed by atoms with Gasteiger partial charge in [0.25, 0.3) is 0 Å². The van der Waals surface area contributed by atoms with Crippen LogP contribution in [-0.4, -0.2) is 36.6 Å². The molecule has 0 radical (unpaired) electrons. The summed E-state index contributed by atoms with van der Waals surface area (Å²) in [6.07, 6.45) is 1.22. The first-order chi connectivity index (χ1) is 8.54. The highest BCUT2D eigenvalue weighted by molar-refractivity contribution is 5.76. The smallest absolute Gasteiger partial charge is 0.221 e. The van der Waals surface area contributed by atoms with Crippen LogP contribution < -0.4 is 5.32 Å². The molecule has 18 heavy (non-hydrogen) atoms. The Labute approximate surface area is 109 Å². The molecule has 0 aliphatic carbocycles. The van der Waals surface area contributed by atoms with Gasteiger partial charge in [-0.05, 0) is 26.6 Å². The van der Waals surface area contributed by atoms with Crippen molar-refractivity contribution in [3.05, 3.63) is 29.8 Å². The maximum absolute atomic E-state index is 11.8. The zero-order valence-electron chi connectivity index (χ0n) is 11.3. The number of nitrogens with zero attached hydrogens (tertiary/aromatic N) is 1. The van der Waals surface area contributed by atoms with Crippen molar-refractivity contribution in [2.24, 2.45) is 0 Å². The van der Waals surface area contributed by atoms with Gasteiger partial charge in [-0.2, -0.15) is 0 Å². The number of carbonyl (C=O) groups excluding carboxylic acids is 1. The molecule has 0 saturated carbocycles. The summed E-state index contributed by atoms with van der Waals surface area (Å²) in [5.74, 6) is 0.246. The zero-order chi connectivity index (χ0) is 13.5. The Kier molecular flexibility index (Phi) is 5.65. The maximum Gasteiger partial charge on any atom is 0.221 e. The molecule has 0 aliphatic heterocycles. The molecule has 1 aromatic rings. The first-order valence-corrected chi connectivity index (χ1v) is 6.26. The van der Waals surface area contributed by atoms with Gasteiger partial charge in [-0.3, -0.25) is 4.79 Å². The van der Waals surface area contributed by atoms with Gasteiger partial charge in [0, 0.05) is 18.5 Å². The molecule has 0 aliphatic rings. The van der Waals surface area contributed by atoms with Crippen LogP contribution in [0.5, 0.6) is 5.75 Å². The Morgan fingerprint density at radius 2 is 2.06 bits per heavy atom. The fraction of sp³-hybridized carbons (Fsp3) is 0.500. The number of phenols is 1. The largest absolute Gasteiger partial charge is 0.508 e. The average Bonchev–Trinajstić information content (AvgIpc) is 2.34. The minimum absolute atomic E-state index is 0.0128. The molecule has 0 bridgehead atoms. The van der Waals surface area contributed by atoms with Crippen molar-refractivity contribution in [2.75, 3.05) is 20.6 Å². The summed E-state index contributed by atoms with van der Waals surface area (Å²) >= 11 is 0. The van der Waals surface area contributed by atoms with Crippen LogP contribution in [0.4, 0.5) is 0 Å². The molecule has 0 saturated heterocycles. The molecule has 4 heteroatoms. The van der Waals surface area contributed by atoms with Crippen molar-refractivity contribution < 1.29 is 9.90 Å². The molecule has 0 aromatic heterocycles. The topological polar surface area (TPSA) is 52.6 Å². The standard InChI is InChI=1S/C14H22N2O2/c1-4-12(11-7-5-6-8-13(11)17)15-14(18)9-10-16(2)3/h5-8,12,17H,4,9-10H2,1-3H3,(H,15,18)/t12-/m1/s1. The number of aromatic hydroxyl groups is 1. The van der Waals surface area contributed by atoms with E-state index < -0.39 is 0 Å². The number of benzene rings is 1. The van der Waals surface area contributed by atoms with Crippen molar-refractivity contribution >= 4 is 5.91 Å². The van der Waals surface area contributed by atoms with E-state index in [1.807, 2.05) is 38.1 Å². The number of nitrogens with one attached hydrogen (secondary N) is 1. The lowest BCUT2D eigenvalue weighted by Gasteiger charge is -2.19. The lowest BCUT2D eigenvalue weighted by atomic mass is 10.0. The van der Waals surface area contributed by atoms with Crippen LogP contribution in [0.25, 0.3) is 0 Å². The Hall–Kier alpha value is -1.55. The van der Waals surface area contributed by atoms with E-state index in [-0.39, 0.29) is 17.7 Å². The van der Waals surface area contributed by atoms with Gasteiger partial charge >= 0.3 is 0 Å². The second kappa shape index (κ2) is 7.01. The van der Waals surface area contributed by atoms with E-state index in [1.54, 1.807) is 12.1 Å². The van der Waals surface area contributed by atoms with E-state index in [0.29, 0.717) is 6.42 Å². The molecule has 100 valence electrons. The lowest BCUT2D eigenvalue weighted by Crippen LogP contribution is -2.30. The van der Waals surface area contributed by atoms with Crippen molar-refractivity contribution in [1.29, 1.82) is 0 Å². The van der Waals surface area contributed by atoms with Crippen molar-refractivity contribution in [1.82, 2.24) is 10.2 Å². The summed E-state index contributed by atoms with van der Waals surface area (Å²) in [5.41, 5.74) is 0.776. The van der Waals surface area contributed by atoms with Crippen LogP contribution in [0.15, 0.2) is 24.3 Å². The van der Waals surface area contributed by atoms with Gasteiger partial charge in [0.1, 0.15) is 5.75 Å². The number of hydrogen-bond donors (Lipinski definition) is 2. The van der Waals surface area contributed by atoms with Crippen LogP contribution >= 0.6 is 0 Å². The van der Waals surface area contributed by atoms with Crippen molar-refractivity contribution in [2.45, 2.75) is 25.8 Å². The SMILES string of the molecule is CC[C@@H](NC(=O)CCN(C)C)c1ccccc1O. The van der Waals surface area contributed by atoms with E-state index in [1.165, 1.54) is 0 Å². The fourth-order valence-corrected chi connectivity index (χ4v) is 1.77. The first kappa shape index (κ1) is 14.5. The molecule has 1 aromatic carbocycles. The summed E-state index contributed by atoms with van der Waals surface area (Å²) in [6, 6.07) is 7.00. The number of carbonyl (C=O) groups is 1. The third-order valence-electron chi connectivity index (χ3n) is 2.84. The average molecular weight is 250 g/mol. The molecule has 1 rings (SSSR count). The van der Waals surface area contributed by atoms with E-state index >= 15 is 0 Å². The first-order valence-electron chi connectivity index (χ1n) is 6.26. The molecule has 1 atom stereocenters. The summed E-state index contributed by atoms with van der Waals surface area (Å²) in [4.78, 5) is 13.8. The molecule has 0 spiro atoms. The van der Waals surface area contributed by atoms with Gasteiger partial charge in [0.15, 0.2) is 0 Å². The second-order valence-corrected chi connectivity index (χ2v) is 4.64. The predicted molar refractivity (Wildman–Crippen MR) is 72.5 cm³/mol. The van der Waals surface area contributed by atoms with E-state index in [0.717, 1.165) is 18.5 Å². The predicted octanol–water partition coefficient (Wildman–Crippen LogP) is 1.91. The van der Waals surface area contributed by atoms with Gasteiger partial charge in [-0.25, -0.2) is 0 Å². The highest BCUT2D eigenvalue weighted by atomic mass is 16.3. The Morgan fingerprint density at radius 3 is 2.61 bits per heavy atom. The molecular weight excluding hydrogens is 228 g/mol. The van der Waals surface area contributed by atoms with Crippen LogP contribution in [-0.2, 0) is 4.79 Å². The van der Waals surface area contributed by atoms with Gasteiger partial charge in [-0.15, -0.1) is 0 Å².